The molecular weight excluding hydrogens is 340 g/mol. The Kier molecular flexibility index (Phi) is 3.98. The third-order valence-corrected chi connectivity index (χ3v) is 5.29. The summed E-state index contributed by atoms with van der Waals surface area (Å²) in [6.45, 7) is 3.18. The van der Waals surface area contributed by atoms with Crippen molar-refractivity contribution in [2.45, 2.75) is 13.0 Å². The van der Waals surface area contributed by atoms with E-state index in [4.69, 9.17) is 5.11 Å². The van der Waals surface area contributed by atoms with Gasteiger partial charge < -0.3 is 10.4 Å². The van der Waals surface area contributed by atoms with E-state index in [0.717, 1.165) is 31.0 Å². The van der Waals surface area contributed by atoms with E-state index in [2.05, 4.69) is 20.4 Å². The Labute approximate surface area is 147 Å². The predicted octanol–water partition coefficient (Wildman–Crippen LogP) is 2.78. The molecular formula is C17H16N4O3S. The van der Waals surface area contributed by atoms with Gasteiger partial charge in [-0.25, -0.2) is 4.79 Å². The number of anilines is 1. The van der Waals surface area contributed by atoms with Gasteiger partial charge in [-0.3, -0.25) is 14.8 Å². The standard InChI is InChI=1S/C17H16N4O3S/c22-15(11-4-2-10(3-5-11)9-21-6-1-7-21)18-14-12-8-13(17(23)24)25-16(12)20-19-14/h2-5,8H,1,6-7,9H2,(H,23,24)(H2,18,19,20,22). The number of carboxylic acid groups (broad SMARTS) is 1. The normalized spacial score (nSPS) is 14.4. The molecule has 1 amide bonds. The molecule has 0 aliphatic carbocycles. The molecule has 1 aliphatic rings. The topological polar surface area (TPSA) is 98.3 Å². The van der Waals surface area contributed by atoms with Crippen molar-refractivity contribution in [1.82, 2.24) is 15.1 Å². The second-order valence-electron chi connectivity index (χ2n) is 6.01. The SMILES string of the molecule is O=C(Nc1[nH]nc2sc(C(=O)O)cc12)c1ccc(CN2CCC2)cc1. The number of benzene rings is 1. The molecule has 1 fully saturated rings. The first-order valence-corrected chi connectivity index (χ1v) is 8.75. The van der Waals surface area contributed by atoms with Gasteiger partial charge in [-0.15, -0.1) is 11.3 Å². The zero-order valence-electron chi connectivity index (χ0n) is 13.3. The molecule has 0 unspecified atom stereocenters. The van der Waals surface area contributed by atoms with Gasteiger partial charge in [0.1, 0.15) is 15.5 Å². The van der Waals surface area contributed by atoms with E-state index < -0.39 is 5.97 Å². The average Bonchev–Trinajstić information content (AvgIpc) is 3.13. The van der Waals surface area contributed by atoms with Crippen LogP contribution in [0.3, 0.4) is 0 Å². The molecule has 1 aromatic carbocycles. The lowest BCUT2D eigenvalue weighted by atomic mass is 10.1. The first-order valence-electron chi connectivity index (χ1n) is 7.94. The molecule has 7 nitrogen and oxygen atoms in total. The summed E-state index contributed by atoms with van der Waals surface area (Å²) in [5.41, 5.74) is 1.73. The average molecular weight is 356 g/mol. The minimum absolute atomic E-state index is 0.192. The van der Waals surface area contributed by atoms with Crippen LogP contribution in [-0.2, 0) is 6.54 Å². The molecule has 3 N–H and O–H groups in total. The van der Waals surface area contributed by atoms with Crippen molar-refractivity contribution in [2.75, 3.05) is 18.4 Å². The summed E-state index contributed by atoms with van der Waals surface area (Å²) in [6, 6.07) is 9.03. The lowest BCUT2D eigenvalue weighted by Crippen LogP contribution is -2.36. The van der Waals surface area contributed by atoms with E-state index in [1.54, 1.807) is 12.1 Å². The summed E-state index contributed by atoms with van der Waals surface area (Å²) in [5.74, 6) is -0.851. The van der Waals surface area contributed by atoms with Crippen LogP contribution in [0, 0.1) is 0 Å². The van der Waals surface area contributed by atoms with Crippen LogP contribution in [0.5, 0.6) is 0 Å². The summed E-state index contributed by atoms with van der Waals surface area (Å²) in [5, 5.41) is 19.2. The minimum atomic E-state index is -1.00. The van der Waals surface area contributed by atoms with Crippen LogP contribution < -0.4 is 5.32 Å². The molecule has 2 aromatic heterocycles. The van der Waals surface area contributed by atoms with Crippen molar-refractivity contribution in [2.24, 2.45) is 0 Å². The van der Waals surface area contributed by atoms with Gasteiger partial charge in [-0.05, 0) is 43.3 Å². The van der Waals surface area contributed by atoms with Gasteiger partial charge in [-0.1, -0.05) is 12.1 Å². The van der Waals surface area contributed by atoms with Gasteiger partial charge in [0.25, 0.3) is 5.91 Å². The molecule has 0 atom stereocenters. The molecule has 25 heavy (non-hydrogen) atoms. The number of carbonyl (C=O) groups excluding carboxylic acids is 1. The number of H-pyrrole nitrogens is 1. The molecule has 0 bridgehead atoms. The fourth-order valence-corrected chi connectivity index (χ4v) is 3.59. The Morgan fingerprint density at radius 1 is 1.28 bits per heavy atom. The molecule has 128 valence electrons. The van der Waals surface area contributed by atoms with Crippen molar-refractivity contribution >= 4 is 39.2 Å². The zero-order chi connectivity index (χ0) is 17.4. The number of carboxylic acids is 1. The molecule has 1 aliphatic heterocycles. The molecule has 1 saturated heterocycles. The summed E-state index contributed by atoms with van der Waals surface area (Å²) >= 11 is 1.07. The highest BCUT2D eigenvalue weighted by atomic mass is 32.1. The number of carbonyl (C=O) groups is 2. The highest BCUT2D eigenvalue weighted by Crippen LogP contribution is 2.29. The van der Waals surface area contributed by atoms with Gasteiger partial charge >= 0.3 is 5.97 Å². The molecule has 8 heteroatoms. The van der Waals surface area contributed by atoms with Crippen LogP contribution in [0.15, 0.2) is 30.3 Å². The van der Waals surface area contributed by atoms with Crippen molar-refractivity contribution in [1.29, 1.82) is 0 Å². The molecule has 4 rings (SSSR count). The highest BCUT2D eigenvalue weighted by molar-refractivity contribution is 7.20. The Morgan fingerprint density at radius 3 is 2.68 bits per heavy atom. The maximum atomic E-state index is 12.4. The van der Waals surface area contributed by atoms with E-state index in [9.17, 15) is 9.59 Å². The fourth-order valence-electron chi connectivity index (χ4n) is 2.76. The number of aromatic amines is 1. The summed E-state index contributed by atoms with van der Waals surface area (Å²) in [4.78, 5) is 26.6. The van der Waals surface area contributed by atoms with E-state index in [0.29, 0.717) is 21.6 Å². The van der Waals surface area contributed by atoms with Crippen molar-refractivity contribution < 1.29 is 14.7 Å². The van der Waals surface area contributed by atoms with Crippen LogP contribution in [-0.4, -0.2) is 45.2 Å². The Balaban J connectivity index is 1.48. The maximum Gasteiger partial charge on any atom is 0.345 e. The first-order chi connectivity index (χ1) is 12.1. The van der Waals surface area contributed by atoms with E-state index in [1.807, 2.05) is 12.1 Å². The van der Waals surface area contributed by atoms with Gasteiger partial charge in [0.05, 0.1) is 5.39 Å². The number of aromatic carboxylic acids is 1. The van der Waals surface area contributed by atoms with Gasteiger partial charge in [0.15, 0.2) is 0 Å². The summed E-state index contributed by atoms with van der Waals surface area (Å²) in [7, 11) is 0. The second kappa shape index (κ2) is 6.30. The number of thiophene rings is 1. The van der Waals surface area contributed by atoms with Crippen LogP contribution in [0.2, 0.25) is 0 Å². The smallest absolute Gasteiger partial charge is 0.345 e. The second-order valence-corrected chi connectivity index (χ2v) is 7.04. The van der Waals surface area contributed by atoms with E-state index in [1.165, 1.54) is 18.1 Å². The lowest BCUT2D eigenvalue weighted by Gasteiger charge is -2.30. The number of aromatic nitrogens is 2. The van der Waals surface area contributed by atoms with Crippen LogP contribution in [0.25, 0.3) is 10.2 Å². The highest BCUT2D eigenvalue weighted by Gasteiger charge is 2.17. The quantitative estimate of drug-likeness (QED) is 0.653. The first kappa shape index (κ1) is 15.8. The Morgan fingerprint density at radius 2 is 2.04 bits per heavy atom. The zero-order valence-corrected chi connectivity index (χ0v) is 14.1. The minimum Gasteiger partial charge on any atom is -0.477 e. The summed E-state index contributed by atoms with van der Waals surface area (Å²) in [6.07, 6.45) is 1.26. The number of nitrogens with zero attached hydrogens (tertiary/aromatic N) is 2. The molecule has 0 spiro atoms. The number of hydrogen-bond donors (Lipinski definition) is 3. The Bertz CT molecular complexity index is 941. The van der Waals surface area contributed by atoms with Gasteiger partial charge in [0, 0.05) is 12.1 Å². The molecule has 0 radical (unpaired) electrons. The van der Waals surface area contributed by atoms with Gasteiger partial charge in [-0.2, -0.15) is 5.10 Å². The number of likely N-dealkylation sites (tertiary alicyclic amines) is 1. The van der Waals surface area contributed by atoms with Crippen LogP contribution in [0.4, 0.5) is 5.82 Å². The van der Waals surface area contributed by atoms with Crippen molar-refractivity contribution in [3.8, 4) is 0 Å². The largest absolute Gasteiger partial charge is 0.477 e. The number of rotatable bonds is 5. The van der Waals surface area contributed by atoms with Crippen molar-refractivity contribution in [3.63, 3.8) is 0 Å². The number of nitrogens with one attached hydrogen (secondary N) is 2. The molecule has 3 heterocycles. The predicted molar refractivity (Wildman–Crippen MR) is 95.2 cm³/mol. The van der Waals surface area contributed by atoms with Crippen LogP contribution >= 0.6 is 11.3 Å². The van der Waals surface area contributed by atoms with E-state index in [-0.39, 0.29) is 10.8 Å². The number of fused-ring (bicyclic) bond motifs is 1. The number of hydrogen-bond acceptors (Lipinski definition) is 5. The molecule has 0 saturated carbocycles. The Hall–Kier alpha value is -2.71. The fraction of sp³-hybridized carbons (Fsp3) is 0.235. The lowest BCUT2D eigenvalue weighted by molar-refractivity contribution is 0.0702. The van der Waals surface area contributed by atoms with Crippen LogP contribution in [0.1, 0.15) is 32.0 Å². The van der Waals surface area contributed by atoms with Gasteiger partial charge in [0.2, 0.25) is 0 Å². The number of amides is 1. The molecule has 3 aromatic rings. The maximum absolute atomic E-state index is 12.4. The monoisotopic (exact) mass is 356 g/mol. The third-order valence-electron chi connectivity index (χ3n) is 4.27. The van der Waals surface area contributed by atoms with Crippen molar-refractivity contribution in [3.05, 3.63) is 46.3 Å². The van der Waals surface area contributed by atoms with E-state index >= 15 is 0 Å². The summed E-state index contributed by atoms with van der Waals surface area (Å²) < 4.78 is 0. The third kappa shape index (κ3) is 3.13.